The molecule has 1 aromatic rings. The van der Waals surface area contributed by atoms with Crippen molar-refractivity contribution in [2.45, 2.75) is 98.9 Å². The second-order valence-electron chi connectivity index (χ2n) is 11.6. The number of amides is 3. The lowest BCUT2D eigenvalue weighted by molar-refractivity contribution is -0.142. The van der Waals surface area contributed by atoms with Crippen LogP contribution in [0.3, 0.4) is 0 Å². The topological polar surface area (TPSA) is 87.7 Å². The van der Waals surface area contributed by atoms with E-state index < -0.39 is 29.3 Å². The van der Waals surface area contributed by atoms with Crippen LogP contribution in [0.5, 0.6) is 0 Å². The molecule has 1 rings (SSSR count). The Labute approximate surface area is 211 Å². The van der Waals surface area contributed by atoms with Crippen LogP contribution in [0.4, 0.5) is 4.79 Å². The molecule has 0 aliphatic rings. The van der Waals surface area contributed by atoms with Gasteiger partial charge < -0.3 is 20.3 Å². The molecule has 7 heteroatoms. The molecule has 3 amide bonds. The Morgan fingerprint density at radius 2 is 1.66 bits per heavy atom. The maximum absolute atomic E-state index is 13.9. The molecule has 1 aromatic carbocycles. The molecule has 0 aliphatic heterocycles. The molecular weight excluding hydrogens is 442 g/mol. The monoisotopic (exact) mass is 487 g/mol. The number of benzene rings is 1. The minimum atomic E-state index is -0.894. The van der Waals surface area contributed by atoms with E-state index in [1.807, 2.05) is 66.7 Å². The summed E-state index contributed by atoms with van der Waals surface area (Å²) < 4.78 is 5.41. The van der Waals surface area contributed by atoms with Crippen LogP contribution < -0.4 is 10.6 Å². The van der Waals surface area contributed by atoms with Crippen molar-refractivity contribution in [2.24, 2.45) is 5.92 Å². The van der Waals surface area contributed by atoms with E-state index >= 15 is 0 Å². The minimum absolute atomic E-state index is 0.118. The molecule has 0 saturated heterocycles. The van der Waals surface area contributed by atoms with Gasteiger partial charge in [0.1, 0.15) is 17.7 Å². The first kappa shape index (κ1) is 30.2. The summed E-state index contributed by atoms with van der Waals surface area (Å²) in [5, 5.41) is 5.76. The number of carbonyl (C=O) groups is 3. The Balaban J connectivity index is 3.52. The van der Waals surface area contributed by atoms with E-state index in [-0.39, 0.29) is 24.3 Å². The molecular formula is C28H45N3O4. The van der Waals surface area contributed by atoms with Gasteiger partial charge in [0, 0.05) is 12.1 Å². The summed E-state index contributed by atoms with van der Waals surface area (Å²) in [6, 6.07) is 4.00. The van der Waals surface area contributed by atoms with Gasteiger partial charge >= 0.3 is 6.09 Å². The van der Waals surface area contributed by atoms with Crippen molar-refractivity contribution < 1.29 is 19.1 Å². The highest BCUT2D eigenvalue weighted by molar-refractivity contribution is 5.92. The fourth-order valence-electron chi connectivity index (χ4n) is 3.65. The third-order valence-corrected chi connectivity index (χ3v) is 5.21. The van der Waals surface area contributed by atoms with Crippen molar-refractivity contribution in [3.8, 4) is 0 Å². The molecule has 0 heterocycles. The van der Waals surface area contributed by atoms with Crippen LogP contribution in [0.15, 0.2) is 30.9 Å². The van der Waals surface area contributed by atoms with Crippen LogP contribution in [-0.2, 0) is 14.3 Å². The molecule has 0 saturated carbocycles. The quantitative estimate of drug-likeness (QED) is 0.468. The Bertz CT molecular complexity index is 910. The normalized spacial score (nSPS) is 13.6. The Hall–Kier alpha value is -2.83. The van der Waals surface area contributed by atoms with E-state index in [2.05, 4.69) is 17.2 Å². The van der Waals surface area contributed by atoms with Gasteiger partial charge in [-0.1, -0.05) is 38.1 Å². The molecule has 0 spiro atoms. The Kier molecular flexibility index (Phi) is 10.6. The summed E-state index contributed by atoms with van der Waals surface area (Å²) in [5.74, 6) is -0.541. The fraction of sp³-hybridized carbons (Fsp3) is 0.607. The average molecular weight is 488 g/mol. The van der Waals surface area contributed by atoms with E-state index in [1.165, 1.54) is 4.90 Å². The van der Waals surface area contributed by atoms with Gasteiger partial charge in [0.05, 0.1) is 0 Å². The number of ether oxygens (including phenoxy) is 1. The van der Waals surface area contributed by atoms with E-state index in [4.69, 9.17) is 4.74 Å². The van der Waals surface area contributed by atoms with Crippen molar-refractivity contribution >= 4 is 17.9 Å². The molecule has 0 aliphatic carbocycles. The van der Waals surface area contributed by atoms with E-state index in [0.29, 0.717) is 12.0 Å². The zero-order chi connectivity index (χ0) is 27.1. The lowest BCUT2D eigenvalue weighted by Crippen LogP contribution is -2.55. The number of hydrogen-bond donors (Lipinski definition) is 2. The first-order chi connectivity index (χ1) is 15.9. The number of nitrogens with one attached hydrogen (secondary N) is 2. The predicted octanol–water partition coefficient (Wildman–Crippen LogP) is 5.21. The second-order valence-corrected chi connectivity index (χ2v) is 11.6. The predicted molar refractivity (Wildman–Crippen MR) is 141 cm³/mol. The van der Waals surface area contributed by atoms with Crippen LogP contribution in [0.2, 0.25) is 0 Å². The number of alkyl carbamates (subject to hydrolysis) is 1. The number of rotatable bonds is 9. The Morgan fingerprint density at radius 3 is 2.11 bits per heavy atom. The van der Waals surface area contributed by atoms with Crippen LogP contribution in [0.1, 0.15) is 84.5 Å². The van der Waals surface area contributed by atoms with Gasteiger partial charge in [-0.3, -0.25) is 9.59 Å². The van der Waals surface area contributed by atoms with Crippen molar-refractivity contribution in [3.63, 3.8) is 0 Å². The first-order valence-corrected chi connectivity index (χ1v) is 12.2. The van der Waals surface area contributed by atoms with Gasteiger partial charge in [-0.05, 0) is 84.4 Å². The number of carbonyl (C=O) groups excluding carboxylic acids is 3. The van der Waals surface area contributed by atoms with Gasteiger partial charge in [-0.25, -0.2) is 4.79 Å². The zero-order valence-corrected chi connectivity index (χ0v) is 23.2. The summed E-state index contributed by atoms with van der Waals surface area (Å²) in [4.78, 5) is 41.6. The van der Waals surface area contributed by atoms with Crippen LogP contribution in [-0.4, -0.2) is 46.5 Å². The molecule has 35 heavy (non-hydrogen) atoms. The molecule has 0 fully saturated rings. The number of nitrogens with zero attached hydrogens (tertiary/aromatic N) is 1. The third-order valence-electron chi connectivity index (χ3n) is 5.21. The van der Waals surface area contributed by atoms with Crippen molar-refractivity contribution in [2.75, 3.05) is 6.54 Å². The van der Waals surface area contributed by atoms with Crippen LogP contribution in [0.25, 0.3) is 0 Å². The van der Waals surface area contributed by atoms with Crippen LogP contribution in [0, 0.1) is 19.8 Å². The summed E-state index contributed by atoms with van der Waals surface area (Å²) in [7, 11) is 0. The van der Waals surface area contributed by atoms with Gasteiger partial charge in [-0.2, -0.15) is 0 Å². The van der Waals surface area contributed by atoms with Crippen molar-refractivity contribution in [3.05, 3.63) is 47.5 Å². The van der Waals surface area contributed by atoms with E-state index in [9.17, 15) is 14.4 Å². The molecule has 2 unspecified atom stereocenters. The fourth-order valence-corrected chi connectivity index (χ4v) is 3.65. The average Bonchev–Trinajstić information content (AvgIpc) is 2.66. The minimum Gasteiger partial charge on any atom is -0.444 e. The summed E-state index contributed by atoms with van der Waals surface area (Å²) in [5.41, 5.74) is 1.61. The SMILES string of the molecule is C=CCN(C(=O)C(CC(C)C)NC(=O)OC(C)(C)C)C(C(=O)NC(C)(C)C)c1ccc(C)c(C)c1. The zero-order valence-electron chi connectivity index (χ0n) is 23.2. The van der Waals surface area contributed by atoms with Crippen LogP contribution >= 0.6 is 0 Å². The summed E-state index contributed by atoms with van der Waals surface area (Å²) >= 11 is 0. The summed E-state index contributed by atoms with van der Waals surface area (Å²) in [6.07, 6.45) is 1.32. The van der Waals surface area contributed by atoms with Gasteiger partial charge in [0.2, 0.25) is 11.8 Å². The standard InChI is InChI=1S/C28H45N3O4/c1-12-15-31(25(33)22(16-18(2)3)29-26(34)35-28(9,10)11)23(24(32)30-27(6,7)8)21-14-13-19(4)20(5)17-21/h12-14,17-18,22-23H,1,15-16H2,2-11H3,(H,29,34)(H,30,32). The highest BCUT2D eigenvalue weighted by Gasteiger charge is 2.37. The maximum Gasteiger partial charge on any atom is 0.408 e. The molecule has 2 atom stereocenters. The Morgan fingerprint density at radius 1 is 1.06 bits per heavy atom. The smallest absolute Gasteiger partial charge is 0.408 e. The molecule has 0 aromatic heterocycles. The van der Waals surface area contributed by atoms with Crippen molar-refractivity contribution in [1.82, 2.24) is 15.5 Å². The highest BCUT2D eigenvalue weighted by atomic mass is 16.6. The van der Waals surface area contributed by atoms with E-state index in [0.717, 1.165) is 11.1 Å². The van der Waals surface area contributed by atoms with E-state index in [1.54, 1.807) is 26.8 Å². The molecule has 2 N–H and O–H groups in total. The maximum atomic E-state index is 13.9. The van der Waals surface area contributed by atoms with Gasteiger partial charge in [0.25, 0.3) is 0 Å². The lowest BCUT2D eigenvalue weighted by atomic mass is 9.96. The number of hydrogen-bond acceptors (Lipinski definition) is 4. The summed E-state index contributed by atoms with van der Waals surface area (Å²) in [6.45, 7) is 22.9. The highest BCUT2D eigenvalue weighted by Crippen LogP contribution is 2.26. The molecule has 196 valence electrons. The number of aryl methyl sites for hydroxylation is 2. The molecule has 0 radical (unpaired) electrons. The van der Waals surface area contributed by atoms with Crippen molar-refractivity contribution in [1.29, 1.82) is 0 Å². The van der Waals surface area contributed by atoms with Gasteiger partial charge in [-0.15, -0.1) is 6.58 Å². The molecule has 7 nitrogen and oxygen atoms in total. The molecule has 0 bridgehead atoms. The second kappa shape index (κ2) is 12.2. The lowest BCUT2D eigenvalue weighted by Gasteiger charge is -2.36. The van der Waals surface area contributed by atoms with Gasteiger partial charge in [0.15, 0.2) is 0 Å². The third kappa shape index (κ3) is 10.1. The largest absolute Gasteiger partial charge is 0.444 e. The first-order valence-electron chi connectivity index (χ1n) is 12.2.